The van der Waals surface area contributed by atoms with Crippen LogP contribution in [-0.4, -0.2) is 16.1 Å². The fourth-order valence-electron chi connectivity index (χ4n) is 12.1. The Labute approximate surface area is 418 Å². The zero-order chi connectivity index (χ0) is 49.0. The minimum Gasteiger partial charge on any atom is -0.508 e. The summed E-state index contributed by atoms with van der Waals surface area (Å²) in [6.45, 7) is 11.2. The summed E-state index contributed by atoms with van der Waals surface area (Å²) in [6, 6.07) is 51.0. The zero-order valence-corrected chi connectivity index (χ0v) is 41.6. The SMILES string of the molecule is CCCCCC1CCC(c2ccc(-c3ccc(C(=O)Nc4ccc(-c5cc6c7c(c8c(c6cc5C)OC(c5ccc(O)cc5)(c5ccc(O)cc5)C=C8)C(C)(C)c5cc(C)ccc5-7)cc4)cc3)cc2)CC1. The molecule has 1 fully saturated rings. The zero-order valence-electron chi connectivity index (χ0n) is 41.6. The Morgan fingerprint density at radius 3 is 1.92 bits per heavy atom. The summed E-state index contributed by atoms with van der Waals surface area (Å²) in [5, 5.41) is 26.0. The highest BCUT2D eigenvalue weighted by Gasteiger charge is 2.44. The molecule has 2 aliphatic carbocycles. The van der Waals surface area contributed by atoms with Crippen molar-refractivity contribution in [1.82, 2.24) is 0 Å². The monoisotopic (exact) mass is 933 g/mol. The Morgan fingerprint density at radius 2 is 1.28 bits per heavy atom. The van der Waals surface area contributed by atoms with Crippen LogP contribution in [0.1, 0.15) is 133 Å². The van der Waals surface area contributed by atoms with Crippen LogP contribution >= 0.6 is 0 Å². The van der Waals surface area contributed by atoms with Gasteiger partial charge in [0.05, 0.1) is 0 Å². The lowest BCUT2D eigenvalue weighted by Crippen LogP contribution is -2.35. The van der Waals surface area contributed by atoms with Crippen LogP contribution in [0.2, 0.25) is 0 Å². The number of phenolic OH excluding ortho intramolecular Hbond substituents is 2. The number of benzene rings is 8. The summed E-state index contributed by atoms with van der Waals surface area (Å²) in [7, 11) is 0. The van der Waals surface area contributed by atoms with Gasteiger partial charge in [-0.25, -0.2) is 0 Å². The number of aryl methyl sites for hydroxylation is 2. The van der Waals surface area contributed by atoms with E-state index in [-0.39, 0.29) is 22.8 Å². The molecule has 1 saturated carbocycles. The Morgan fingerprint density at radius 1 is 0.662 bits per heavy atom. The van der Waals surface area contributed by atoms with E-state index in [0.717, 1.165) is 67.1 Å². The van der Waals surface area contributed by atoms with Gasteiger partial charge in [-0.15, -0.1) is 0 Å². The lowest BCUT2D eigenvalue weighted by Gasteiger charge is -2.38. The van der Waals surface area contributed by atoms with Gasteiger partial charge in [-0.1, -0.05) is 149 Å². The number of ether oxygens (including phenoxy) is 1. The second-order valence-electron chi connectivity index (χ2n) is 21.1. The van der Waals surface area contributed by atoms with Crippen LogP contribution < -0.4 is 10.1 Å². The molecule has 3 N–H and O–H groups in total. The van der Waals surface area contributed by atoms with E-state index in [9.17, 15) is 15.0 Å². The molecule has 8 aromatic rings. The number of phenols is 2. The molecule has 5 heteroatoms. The first kappa shape index (κ1) is 46.0. The summed E-state index contributed by atoms with van der Waals surface area (Å²) in [6.07, 6.45) is 15.1. The van der Waals surface area contributed by atoms with E-state index in [1.807, 2.05) is 60.7 Å². The topological polar surface area (TPSA) is 78.8 Å². The summed E-state index contributed by atoms with van der Waals surface area (Å²) in [5.74, 6) is 2.57. The number of nitrogens with one attached hydrogen (secondary N) is 1. The number of hydrogen-bond acceptors (Lipinski definition) is 4. The molecule has 8 aromatic carbocycles. The molecular weight excluding hydrogens is 871 g/mol. The van der Waals surface area contributed by atoms with Crippen LogP contribution in [0.5, 0.6) is 17.2 Å². The number of aromatic hydroxyl groups is 2. The molecule has 0 radical (unpaired) electrons. The van der Waals surface area contributed by atoms with Gasteiger partial charge in [0.15, 0.2) is 5.60 Å². The van der Waals surface area contributed by atoms with E-state index < -0.39 is 5.60 Å². The highest BCUT2D eigenvalue weighted by Crippen LogP contribution is 2.59. The molecule has 3 aliphatic rings. The van der Waals surface area contributed by atoms with E-state index in [4.69, 9.17) is 4.74 Å². The lowest BCUT2D eigenvalue weighted by atomic mass is 9.76. The molecule has 5 nitrogen and oxygen atoms in total. The molecule has 1 heterocycles. The van der Waals surface area contributed by atoms with E-state index in [0.29, 0.717) is 11.5 Å². The van der Waals surface area contributed by atoms with Gasteiger partial charge in [0.1, 0.15) is 17.2 Å². The van der Waals surface area contributed by atoms with Gasteiger partial charge in [-0.2, -0.15) is 0 Å². The third-order valence-electron chi connectivity index (χ3n) is 16.1. The number of unbranched alkanes of at least 4 members (excludes halogenated alkanes) is 2. The van der Waals surface area contributed by atoms with Gasteiger partial charge in [0.25, 0.3) is 5.91 Å². The summed E-state index contributed by atoms with van der Waals surface area (Å²) >= 11 is 0. The molecule has 1 amide bonds. The highest BCUT2D eigenvalue weighted by atomic mass is 16.5. The molecule has 356 valence electrons. The van der Waals surface area contributed by atoms with Crippen LogP contribution in [0.25, 0.3) is 50.2 Å². The third kappa shape index (κ3) is 8.39. The van der Waals surface area contributed by atoms with E-state index >= 15 is 0 Å². The predicted molar refractivity (Wildman–Crippen MR) is 292 cm³/mol. The fraction of sp³-hybridized carbons (Fsp3) is 0.258. The molecule has 1 aliphatic heterocycles. The van der Waals surface area contributed by atoms with Gasteiger partial charge in [-0.3, -0.25) is 4.79 Å². The maximum atomic E-state index is 13.6. The minimum absolute atomic E-state index is 0.145. The molecule has 0 saturated heterocycles. The van der Waals surface area contributed by atoms with E-state index in [2.05, 4.69) is 119 Å². The lowest BCUT2D eigenvalue weighted by molar-refractivity contribution is 0.102. The second-order valence-corrected chi connectivity index (χ2v) is 21.1. The first-order valence-electron chi connectivity index (χ1n) is 25.8. The largest absolute Gasteiger partial charge is 0.508 e. The number of fused-ring (bicyclic) bond motifs is 8. The number of rotatable bonds is 11. The quantitative estimate of drug-likeness (QED) is 0.113. The molecule has 0 aromatic heterocycles. The number of carbonyl (C=O) groups is 1. The smallest absolute Gasteiger partial charge is 0.255 e. The van der Waals surface area contributed by atoms with Crippen molar-refractivity contribution in [1.29, 1.82) is 0 Å². The van der Waals surface area contributed by atoms with Crippen LogP contribution in [0.4, 0.5) is 5.69 Å². The Balaban J connectivity index is 0.878. The predicted octanol–water partition coefficient (Wildman–Crippen LogP) is 17.0. The fourth-order valence-corrected chi connectivity index (χ4v) is 12.1. The highest BCUT2D eigenvalue weighted by molar-refractivity contribution is 6.10. The van der Waals surface area contributed by atoms with Gasteiger partial charge in [0.2, 0.25) is 0 Å². The third-order valence-corrected chi connectivity index (χ3v) is 16.1. The van der Waals surface area contributed by atoms with Crippen molar-refractivity contribution in [2.45, 2.75) is 103 Å². The molecule has 0 atom stereocenters. The molecular formula is C66H63NO4. The summed E-state index contributed by atoms with van der Waals surface area (Å²) < 4.78 is 7.49. The number of amides is 1. The van der Waals surface area contributed by atoms with Crippen molar-refractivity contribution >= 4 is 28.4 Å². The van der Waals surface area contributed by atoms with Crippen molar-refractivity contribution in [3.05, 3.63) is 208 Å². The van der Waals surface area contributed by atoms with E-state index in [1.165, 1.54) is 90.3 Å². The van der Waals surface area contributed by atoms with Crippen molar-refractivity contribution in [2.75, 3.05) is 5.32 Å². The van der Waals surface area contributed by atoms with Crippen molar-refractivity contribution in [2.24, 2.45) is 5.92 Å². The maximum Gasteiger partial charge on any atom is 0.255 e. The van der Waals surface area contributed by atoms with Crippen LogP contribution in [0.15, 0.2) is 158 Å². The molecule has 0 unspecified atom stereocenters. The number of carbonyl (C=O) groups excluding carboxylic acids is 1. The summed E-state index contributed by atoms with van der Waals surface area (Å²) in [5.41, 5.74) is 15.9. The second kappa shape index (κ2) is 18.4. The van der Waals surface area contributed by atoms with Crippen molar-refractivity contribution < 1.29 is 19.7 Å². The van der Waals surface area contributed by atoms with Gasteiger partial charge >= 0.3 is 0 Å². The molecule has 0 bridgehead atoms. The van der Waals surface area contributed by atoms with Gasteiger partial charge in [-0.05, 0) is 179 Å². The van der Waals surface area contributed by atoms with Crippen LogP contribution in [0, 0.1) is 19.8 Å². The standard InChI is InChI=1S/C66H63NO4/c1-6-7-8-9-43-11-13-44(14-12-43)45-15-17-46(18-16-45)47-19-21-49(22-20-47)64(70)67-52-29-23-48(24-30-52)57-40-58-59(39-42(57)3)63-56(62-61(58)55-35-10-41(2)38-60(55)65(62,4)5)36-37-66(71-63,50-25-31-53(68)32-26-50)51-27-33-54(69)34-28-51/h10,15-40,43-44,68-69H,6-9,11-14H2,1-5H3,(H,67,70). The van der Waals surface area contributed by atoms with Gasteiger partial charge in [0, 0.05) is 38.7 Å². The average Bonchev–Trinajstić information content (AvgIpc) is 3.62. The number of hydrogen-bond donors (Lipinski definition) is 3. The van der Waals surface area contributed by atoms with Gasteiger partial charge < -0.3 is 20.3 Å². The average molecular weight is 934 g/mol. The first-order valence-corrected chi connectivity index (χ1v) is 25.8. The maximum absolute atomic E-state index is 13.6. The molecule has 0 spiro atoms. The van der Waals surface area contributed by atoms with Crippen LogP contribution in [0.3, 0.4) is 0 Å². The summed E-state index contributed by atoms with van der Waals surface area (Å²) in [4.78, 5) is 13.6. The van der Waals surface area contributed by atoms with Crippen LogP contribution in [-0.2, 0) is 11.0 Å². The molecule has 11 rings (SSSR count). The molecule has 71 heavy (non-hydrogen) atoms. The Hall–Kier alpha value is -7.37. The Kier molecular flexibility index (Phi) is 11.9. The van der Waals surface area contributed by atoms with Crippen molar-refractivity contribution in [3.63, 3.8) is 0 Å². The normalized spacial score (nSPS) is 17.3. The van der Waals surface area contributed by atoms with Crippen molar-refractivity contribution in [3.8, 4) is 50.6 Å². The Bertz CT molecular complexity index is 3270. The number of anilines is 1. The van der Waals surface area contributed by atoms with E-state index in [1.54, 1.807) is 24.3 Å². The minimum atomic E-state index is -1.05. The first-order chi connectivity index (χ1) is 34.4.